The van der Waals surface area contributed by atoms with Gasteiger partial charge >= 0.3 is 0 Å². The number of likely N-dealkylation sites (tertiary alicyclic amines) is 1. The summed E-state index contributed by atoms with van der Waals surface area (Å²) >= 11 is 6.03. The van der Waals surface area contributed by atoms with Crippen LogP contribution in [-0.2, 0) is 0 Å². The zero-order valence-corrected chi connectivity index (χ0v) is 11.7. The molecule has 0 saturated carbocycles. The van der Waals surface area contributed by atoms with Crippen LogP contribution in [-0.4, -0.2) is 41.5 Å². The summed E-state index contributed by atoms with van der Waals surface area (Å²) in [5, 5.41) is 3.81. The van der Waals surface area contributed by atoms with E-state index in [1.165, 1.54) is 19.0 Å². The van der Waals surface area contributed by atoms with E-state index >= 15 is 0 Å². The average molecular weight is 270 g/mol. The van der Waals surface area contributed by atoms with Crippen LogP contribution in [0.2, 0.25) is 5.02 Å². The monoisotopic (exact) mass is 269 g/mol. The average Bonchev–Trinajstić information content (AvgIpc) is 2.35. The Kier molecular flexibility index (Phi) is 3.92. The van der Waals surface area contributed by atoms with Crippen LogP contribution >= 0.6 is 11.6 Å². The number of aromatic nitrogens is 2. The zero-order valence-electron chi connectivity index (χ0n) is 10.9. The molecule has 1 aliphatic rings. The molecular formula is C12H20ClN5. The van der Waals surface area contributed by atoms with E-state index in [0.29, 0.717) is 10.8 Å². The molecule has 2 rings (SSSR count). The van der Waals surface area contributed by atoms with E-state index in [1.54, 1.807) is 0 Å². The maximum absolute atomic E-state index is 6.03. The van der Waals surface area contributed by atoms with E-state index in [1.807, 2.05) is 0 Å². The Balaban J connectivity index is 1.96. The van der Waals surface area contributed by atoms with E-state index in [0.717, 1.165) is 19.6 Å². The molecule has 18 heavy (non-hydrogen) atoms. The summed E-state index contributed by atoms with van der Waals surface area (Å²) in [4.78, 5) is 10.3. The molecule has 3 N–H and O–H groups in total. The Hall–Kier alpha value is -1.07. The maximum atomic E-state index is 6.03. The molecule has 0 unspecified atom stereocenters. The Labute approximate surface area is 113 Å². The molecule has 1 aromatic rings. The number of rotatable bonds is 3. The van der Waals surface area contributed by atoms with Crippen LogP contribution in [0.4, 0.5) is 11.8 Å². The van der Waals surface area contributed by atoms with Crippen molar-refractivity contribution >= 4 is 23.4 Å². The number of hydrogen-bond acceptors (Lipinski definition) is 5. The fourth-order valence-corrected chi connectivity index (χ4v) is 2.29. The second kappa shape index (κ2) is 5.28. The van der Waals surface area contributed by atoms with Crippen molar-refractivity contribution in [2.45, 2.75) is 19.8 Å². The number of piperidine rings is 1. The van der Waals surface area contributed by atoms with Gasteiger partial charge < -0.3 is 16.0 Å². The number of nitrogens with one attached hydrogen (secondary N) is 1. The molecule has 1 fully saturated rings. The minimum absolute atomic E-state index is 0.246. The van der Waals surface area contributed by atoms with Crippen LogP contribution in [0.25, 0.3) is 0 Å². The van der Waals surface area contributed by atoms with Gasteiger partial charge in [0, 0.05) is 6.54 Å². The van der Waals surface area contributed by atoms with Crippen LogP contribution in [0.15, 0.2) is 6.20 Å². The fourth-order valence-electron chi connectivity index (χ4n) is 2.14. The number of nitrogens with zero attached hydrogens (tertiary/aromatic N) is 3. The normalized spacial score (nSPS) is 19.7. The molecule has 0 aliphatic carbocycles. The first kappa shape index (κ1) is 13.4. The molecule has 0 amide bonds. The van der Waals surface area contributed by atoms with Gasteiger partial charge in [-0.15, -0.1) is 0 Å². The summed E-state index contributed by atoms with van der Waals surface area (Å²) in [6, 6.07) is 0. The summed E-state index contributed by atoms with van der Waals surface area (Å²) in [6.07, 6.45) is 3.88. The van der Waals surface area contributed by atoms with Crippen molar-refractivity contribution in [2.75, 3.05) is 37.7 Å². The van der Waals surface area contributed by atoms with Gasteiger partial charge in [0.2, 0.25) is 5.95 Å². The summed E-state index contributed by atoms with van der Waals surface area (Å²) < 4.78 is 0. The summed E-state index contributed by atoms with van der Waals surface area (Å²) in [6.45, 7) is 5.43. The molecule has 0 aromatic carbocycles. The molecule has 1 aliphatic heterocycles. The number of halogens is 1. The third-order valence-corrected chi connectivity index (χ3v) is 3.92. The predicted molar refractivity (Wildman–Crippen MR) is 74.8 cm³/mol. The van der Waals surface area contributed by atoms with Crippen LogP contribution in [0.3, 0.4) is 0 Å². The Morgan fingerprint density at radius 3 is 2.83 bits per heavy atom. The molecular weight excluding hydrogens is 250 g/mol. The third kappa shape index (κ3) is 3.23. The van der Waals surface area contributed by atoms with Crippen molar-refractivity contribution in [2.24, 2.45) is 5.41 Å². The third-order valence-electron chi connectivity index (χ3n) is 3.64. The maximum Gasteiger partial charge on any atom is 0.222 e. The first-order valence-corrected chi connectivity index (χ1v) is 6.57. The smallest absolute Gasteiger partial charge is 0.222 e. The first-order valence-electron chi connectivity index (χ1n) is 6.19. The molecule has 0 spiro atoms. The highest BCUT2D eigenvalue weighted by atomic mass is 35.5. The van der Waals surface area contributed by atoms with Gasteiger partial charge in [-0.25, -0.2) is 4.98 Å². The Morgan fingerprint density at radius 1 is 1.50 bits per heavy atom. The molecule has 0 bridgehead atoms. The van der Waals surface area contributed by atoms with Gasteiger partial charge in [0.05, 0.1) is 6.20 Å². The second-order valence-electron chi connectivity index (χ2n) is 5.39. The quantitative estimate of drug-likeness (QED) is 0.877. The fraction of sp³-hybridized carbons (Fsp3) is 0.667. The van der Waals surface area contributed by atoms with Crippen LogP contribution < -0.4 is 11.1 Å². The predicted octanol–water partition coefficient (Wildman–Crippen LogP) is 1.86. The van der Waals surface area contributed by atoms with Crippen molar-refractivity contribution in [1.82, 2.24) is 14.9 Å². The number of hydrogen-bond donors (Lipinski definition) is 2. The van der Waals surface area contributed by atoms with E-state index in [2.05, 4.69) is 34.2 Å². The lowest BCUT2D eigenvalue weighted by molar-refractivity contribution is 0.150. The second-order valence-corrected chi connectivity index (χ2v) is 5.80. The number of nitrogen functional groups attached to an aromatic ring is 1. The van der Waals surface area contributed by atoms with E-state index in [-0.39, 0.29) is 11.4 Å². The van der Waals surface area contributed by atoms with Crippen molar-refractivity contribution in [3.05, 3.63) is 11.2 Å². The lowest BCUT2D eigenvalue weighted by Crippen LogP contribution is -2.40. The van der Waals surface area contributed by atoms with Crippen molar-refractivity contribution < 1.29 is 0 Å². The van der Waals surface area contributed by atoms with Crippen LogP contribution in [0, 0.1) is 5.41 Å². The van der Waals surface area contributed by atoms with Gasteiger partial charge in [0.25, 0.3) is 0 Å². The molecule has 100 valence electrons. The minimum Gasteiger partial charge on any atom is -0.368 e. The van der Waals surface area contributed by atoms with Crippen molar-refractivity contribution in [1.29, 1.82) is 0 Å². The lowest BCUT2D eigenvalue weighted by atomic mass is 9.80. The zero-order chi connectivity index (χ0) is 13.2. The molecule has 1 aromatic heterocycles. The molecule has 5 nitrogen and oxygen atoms in total. The summed E-state index contributed by atoms with van der Waals surface area (Å²) in [5.41, 5.74) is 5.85. The van der Waals surface area contributed by atoms with Gasteiger partial charge in [0.15, 0.2) is 0 Å². The highest BCUT2D eigenvalue weighted by molar-refractivity contribution is 6.32. The van der Waals surface area contributed by atoms with Gasteiger partial charge in [-0.2, -0.15) is 4.98 Å². The van der Waals surface area contributed by atoms with Gasteiger partial charge in [0.1, 0.15) is 10.8 Å². The number of anilines is 2. The standard InChI is InChI=1S/C12H20ClN5/c1-12(3-5-18(2)6-4-12)8-16-10-9(13)7-15-11(14)17-10/h7H,3-6,8H2,1-2H3,(H3,14,15,16,17). The molecule has 0 radical (unpaired) electrons. The van der Waals surface area contributed by atoms with E-state index < -0.39 is 0 Å². The Bertz CT molecular complexity index is 415. The number of nitrogens with two attached hydrogens (primary N) is 1. The molecule has 0 atom stereocenters. The topological polar surface area (TPSA) is 67.1 Å². The van der Waals surface area contributed by atoms with Crippen molar-refractivity contribution in [3.63, 3.8) is 0 Å². The summed E-state index contributed by atoms with van der Waals surface area (Å²) in [7, 11) is 2.16. The minimum atomic E-state index is 0.246. The highest BCUT2D eigenvalue weighted by Crippen LogP contribution is 2.31. The van der Waals surface area contributed by atoms with Gasteiger partial charge in [-0.3, -0.25) is 0 Å². The largest absolute Gasteiger partial charge is 0.368 e. The van der Waals surface area contributed by atoms with Gasteiger partial charge in [-0.1, -0.05) is 18.5 Å². The van der Waals surface area contributed by atoms with Crippen molar-refractivity contribution in [3.8, 4) is 0 Å². The summed E-state index contributed by atoms with van der Waals surface area (Å²) in [5.74, 6) is 0.875. The first-order chi connectivity index (χ1) is 8.48. The van der Waals surface area contributed by atoms with Crippen LogP contribution in [0.5, 0.6) is 0 Å². The molecule has 2 heterocycles. The van der Waals surface area contributed by atoms with Crippen LogP contribution in [0.1, 0.15) is 19.8 Å². The highest BCUT2D eigenvalue weighted by Gasteiger charge is 2.28. The van der Waals surface area contributed by atoms with E-state index in [9.17, 15) is 0 Å². The van der Waals surface area contributed by atoms with E-state index in [4.69, 9.17) is 17.3 Å². The molecule has 1 saturated heterocycles. The lowest BCUT2D eigenvalue weighted by Gasteiger charge is -2.38. The SMILES string of the molecule is CN1CCC(C)(CNc2nc(N)ncc2Cl)CC1. The Morgan fingerprint density at radius 2 is 2.17 bits per heavy atom. The van der Waals surface area contributed by atoms with Gasteiger partial charge in [-0.05, 0) is 38.4 Å². The molecule has 6 heteroatoms.